The average Bonchev–Trinajstić information content (AvgIpc) is 1.81. The summed E-state index contributed by atoms with van der Waals surface area (Å²) in [5, 5.41) is 15.0. The van der Waals surface area contributed by atoms with Crippen LogP contribution in [0.2, 0.25) is 0 Å². The van der Waals surface area contributed by atoms with Crippen molar-refractivity contribution in [1.82, 2.24) is 0 Å². The van der Waals surface area contributed by atoms with Gasteiger partial charge in [0.15, 0.2) is 0 Å². The molecule has 0 aliphatic rings. The highest BCUT2D eigenvalue weighted by atomic mass is 16.5. The summed E-state index contributed by atoms with van der Waals surface area (Å²) >= 11 is 0. The maximum atomic E-state index is 9.35. The van der Waals surface area contributed by atoms with Crippen LogP contribution in [0.5, 0.6) is 0 Å². The zero-order valence-corrected chi connectivity index (χ0v) is 5.13. The van der Waals surface area contributed by atoms with E-state index >= 15 is 0 Å². The van der Waals surface area contributed by atoms with Gasteiger partial charge in [-0.1, -0.05) is 19.8 Å². The number of unbranched alkanes of at least 4 members (excludes halogenated alkanes) is 2. The topological polar surface area (TPSA) is 44.6 Å². The highest BCUT2D eigenvalue weighted by molar-refractivity contribution is 4.38. The van der Waals surface area contributed by atoms with Crippen molar-refractivity contribution in [2.75, 3.05) is 6.54 Å². The second-order valence-corrected chi connectivity index (χ2v) is 1.65. The van der Waals surface area contributed by atoms with E-state index in [1.54, 1.807) is 0 Å². The van der Waals surface area contributed by atoms with Crippen molar-refractivity contribution in [2.24, 2.45) is 10.4 Å². The van der Waals surface area contributed by atoms with Gasteiger partial charge in [0, 0.05) is 0 Å². The van der Waals surface area contributed by atoms with Crippen LogP contribution in [-0.2, 0) is 5.21 Å². The average molecular weight is 115 g/mol. The Morgan fingerprint density at radius 3 is 2.62 bits per heavy atom. The molecule has 0 atom stereocenters. The van der Waals surface area contributed by atoms with Crippen molar-refractivity contribution < 1.29 is 5.21 Å². The van der Waals surface area contributed by atoms with E-state index in [0.717, 1.165) is 19.3 Å². The van der Waals surface area contributed by atoms with Gasteiger partial charge in [-0.25, -0.2) is 0 Å². The minimum absolute atomic E-state index is 0.595. The maximum absolute atomic E-state index is 9.35. The van der Waals surface area contributed by atoms with Crippen LogP contribution in [0.25, 0.3) is 0 Å². The highest BCUT2D eigenvalue weighted by Crippen LogP contribution is 1.92. The molecule has 0 fully saturated rings. The Balaban J connectivity index is 2.72. The molecule has 0 unspecified atom stereocenters. The van der Waals surface area contributed by atoms with Crippen LogP contribution in [-0.4, -0.2) is 6.54 Å². The second-order valence-electron chi connectivity index (χ2n) is 1.65. The molecule has 3 heteroatoms. The number of hydrogen-bond donors (Lipinski definition) is 0. The van der Waals surface area contributed by atoms with Gasteiger partial charge in [-0.15, -0.1) is 10.3 Å². The van der Waals surface area contributed by atoms with Crippen molar-refractivity contribution in [1.29, 1.82) is 0 Å². The van der Waals surface area contributed by atoms with Gasteiger partial charge < -0.3 is 0 Å². The molecule has 0 amide bonds. The number of hydrogen-bond acceptors (Lipinski definition) is 2. The summed E-state index contributed by atoms with van der Waals surface area (Å²) in [7, 11) is 0. The molecule has 1 radical (unpaired) electrons. The van der Waals surface area contributed by atoms with Gasteiger partial charge in [-0.3, -0.25) is 0 Å². The molecule has 3 nitrogen and oxygen atoms in total. The Kier molecular flexibility index (Phi) is 5.92. The highest BCUT2D eigenvalue weighted by Gasteiger charge is 1.80. The van der Waals surface area contributed by atoms with Crippen molar-refractivity contribution in [2.45, 2.75) is 26.2 Å². The molecule has 0 bridgehead atoms. The fraction of sp³-hybridized carbons (Fsp3) is 1.00. The van der Waals surface area contributed by atoms with Gasteiger partial charge in [-0.2, -0.15) is 0 Å². The third-order valence-corrected chi connectivity index (χ3v) is 0.919. The van der Waals surface area contributed by atoms with Gasteiger partial charge in [0.25, 0.3) is 0 Å². The summed E-state index contributed by atoms with van der Waals surface area (Å²) in [4.78, 5) is 0. The first kappa shape index (κ1) is 7.40. The first-order valence-corrected chi connectivity index (χ1v) is 2.91. The first-order valence-electron chi connectivity index (χ1n) is 2.91. The van der Waals surface area contributed by atoms with Gasteiger partial charge >= 0.3 is 0 Å². The molecule has 8 heavy (non-hydrogen) atoms. The summed E-state index contributed by atoms with van der Waals surface area (Å²) in [6.07, 6.45) is 3.29. The Hall–Kier alpha value is -0.600. The lowest BCUT2D eigenvalue weighted by atomic mass is 10.3. The maximum Gasteiger partial charge on any atom is 0.0747 e. The van der Waals surface area contributed by atoms with Crippen molar-refractivity contribution in [3.05, 3.63) is 0 Å². The van der Waals surface area contributed by atoms with Crippen molar-refractivity contribution >= 4 is 0 Å². The zero-order chi connectivity index (χ0) is 6.24. The smallest absolute Gasteiger partial charge is 0.0747 e. The van der Waals surface area contributed by atoms with Crippen LogP contribution in [0, 0.1) is 0 Å². The molecular weight excluding hydrogens is 104 g/mol. The Labute approximate surface area is 49.4 Å². The SMILES string of the molecule is CCCCCN=N[O]. The third-order valence-electron chi connectivity index (χ3n) is 0.919. The molecule has 47 valence electrons. The fourth-order valence-corrected chi connectivity index (χ4v) is 0.473. The molecular formula is C5H11N2O. The molecule has 0 aromatic heterocycles. The summed E-state index contributed by atoms with van der Waals surface area (Å²) in [5.74, 6) is 0. The first-order chi connectivity index (χ1) is 3.91. The van der Waals surface area contributed by atoms with Crippen molar-refractivity contribution in [3.63, 3.8) is 0 Å². The van der Waals surface area contributed by atoms with E-state index in [-0.39, 0.29) is 0 Å². The van der Waals surface area contributed by atoms with Crippen LogP contribution in [0.15, 0.2) is 10.4 Å². The lowest BCUT2D eigenvalue weighted by molar-refractivity contribution is 0.178. The third kappa shape index (κ3) is 5.40. The number of nitrogens with zero attached hydrogens (tertiary/aromatic N) is 2. The molecule has 0 heterocycles. The van der Waals surface area contributed by atoms with Crippen LogP contribution in [0.1, 0.15) is 26.2 Å². The molecule has 0 aliphatic carbocycles. The van der Waals surface area contributed by atoms with E-state index in [9.17, 15) is 5.21 Å². The van der Waals surface area contributed by atoms with E-state index in [2.05, 4.69) is 17.3 Å². The number of rotatable bonds is 4. The minimum Gasteiger partial charge on any atom is -0.150 e. The molecule has 0 aromatic rings. The summed E-state index contributed by atoms with van der Waals surface area (Å²) in [6.45, 7) is 2.70. The van der Waals surface area contributed by atoms with E-state index in [1.165, 1.54) is 0 Å². The fourth-order valence-electron chi connectivity index (χ4n) is 0.473. The molecule has 0 saturated carbocycles. The van der Waals surface area contributed by atoms with Gasteiger partial charge in [0.2, 0.25) is 0 Å². The minimum atomic E-state index is 0.595. The summed E-state index contributed by atoms with van der Waals surface area (Å²) < 4.78 is 0. The normalized spacial score (nSPS) is 10.6. The lowest BCUT2D eigenvalue weighted by Gasteiger charge is -1.86. The van der Waals surface area contributed by atoms with E-state index in [0.29, 0.717) is 6.54 Å². The molecule has 0 spiro atoms. The quantitative estimate of drug-likeness (QED) is 0.305. The largest absolute Gasteiger partial charge is 0.150 e. The molecule has 0 rings (SSSR count). The molecule has 0 aromatic carbocycles. The summed E-state index contributed by atoms with van der Waals surface area (Å²) in [5.41, 5.74) is 0. The lowest BCUT2D eigenvalue weighted by Crippen LogP contribution is -1.77. The van der Waals surface area contributed by atoms with Gasteiger partial charge in [0.1, 0.15) is 0 Å². The van der Waals surface area contributed by atoms with Crippen LogP contribution >= 0.6 is 0 Å². The standard InChI is InChI=1S/C5H11N2O/c1-2-3-4-5-6-7-8/h2-5H2,1H3. The Morgan fingerprint density at radius 2 is 2.12 bits per heavy atom. The Morgan fingerprint density at radius 1 is 1.38 bits per heavy atom. The molecule has 0 saturated heterocycles. The molecule has 0 aliphatic heterocycles. The monoisotopic (exact) mass is 115 g/mol. The Bertz CT molecular complexity index is 63.4. The van der Waals surface area contributed by atoms with Crippen LogP contribution in [0.4, 0.5) is 0 Å². The van der Waals surface area contributed by atoms with Crippen LogP contribution in [0.3, 0.4) is 0 Å². The van der Waals surface area contributed by atoms with Crippen LogP contribution < -0.4 is 0 Å². The zero-order valence-electron chi connectivity index (χ0n) is 5.13. The second kappa shape index (κ2) is 6.40. The summed E-state index contributed by atoms with van der Waals surface area (Å²) in [6, 6.07) is 0. The predicted molar refractivity (Wildman–Crippen MR) is 29.9 cm³/mol. The molecule has 0 N–H and O–H groups in total. The van der Waals surface area contributed by atoms with Gasteiger partial charge in [0.05, 0.1) is 11.8 Å². The predicted octanol–water partition coefficient (Wildman–Crippen LogP) is 1.97. The van der Waals surface area contributed by atoms with Crippen molar-refractivity contribution in [3.8, 4) is 0 Å². The van der Waals surface area contributed by atoms with E-state index < -0.39 is 0 Å². The van der Waals surface area contributed by atoms with E-state index in [4.69, 9.17) is 0 Å². The van der Waals surface area contributed by atoms with E-state index in [1.807, 2.05) is 0 Å². The van der Waals surface area contributed by atoms with Gasteiger partial charge in [-0.05, 0) is 6.42 Å².